The third-order valence-corrected chi connectivity index (χ3v) is 5.21. The fraction of sp³-hybridized carbons (Fsp3) is 0.682. The first-order valence-corrected chi connectivity index (χ1v) is 10.5. The van der Waals surface area contributed by atoms with Gasteiger partial charge in [-0.2, -0.15) is 0 Å². The van der Waals surface area contributed by atoms with Gasteiger partial charge in [0.2, 0.25) is 0 Å². The van der Waals surface area contributed by atoms with E-state index in [4.69, 9.17) is 14.2 Å². The Kier molecular flexibility index (Phi) is 13.1. The molecule has 172 valence electrons. The molecule has 0 bridgehead atoms. The lowest BCUT2D eigenvalue weighted by molar-refractivity contribution is 0.0132. The minimum absolute atomic E-state index is 0. The van der Waals surface area contributed by atoms with Crippen molar-refractivity contribution in [3.05, 3.63) is 23.8 Å². The van der Waals surface area contributed by atoms with Crippen molar-refractivity contribution in [1.29, 1.82) is 0 Å². The maximum atomic E-state index is 5.51. The second-order valence-corrected chi connectivity index (χ2v) is 7.74. The van der Waals surface area contributed by atoms with Crippen LogP contribution in [0, 0.1) is 5.92 Å². The van der Waals surface area contributed by atoms with Crippen LogP contribution in [0.3, 0.4) is 0 Å². The number of hydrogen-bond acceptors (Lipinski definition) is 5. The third-order valence-electron chi connectivity index (χ3n) is 5.21. The zero-order valence-electron chi connectivity index (χ0n) is 19.1. The van der Waals surface area contributed by atoms with Gasteiger partial charge in [0, 0.05) is 39.3 Å². The number of aliphatic imine (C=N–C) groups is 1. The fourth-order valence-electron chi connectivity index (χ4n) is 3.68. The van der Waals surface area contributed by atoms with Gasteiger partial charge in [0.15, 0.2) is 5.96 Å². The zero-order chi connectivity index (χ0) is 21.1. The number of nitrogens with one attached hydrogen (secondary N) is 2. The first-order chi connectivity index (χ1) is 14.1. The van der Waals surface area contributed by atoms with Crippen molar-refractivity contribution in [3.8, 4) is 11.5 Å². The molecule has 0 radical (unpaired) electrons. The van der Waals surface area contributed by atoms with Crippen LogP contribution in [0.5, 0.6) is 11.5 Å². The lowest BCUT2D eigenvalue weighted by Crippen LogP contribution is -2.51. The van der Waals surface area contributed by atoms with Gasteiger partial charge in [-0.05, 0) is 42.5 Å². The lowest BCUT2D eigenvalue weighted by atomic mass is 10.0. The van der Waals surface area contributed by atoms with Crippen LogP contribution in [-0.4, -0.2) is 77.6 Å². The number of hydrogen-bond donors (Lipinski definition) is 2. The molecular weight excluding hydrogens is 495 g/mol. The molecule has 30 heavy (non-hydrogen) atoms. The van der Waals surface area contributed by atoms with Crippen molar-refractivity contribution in [1.82, 2.24) is 15.5 Å². The Morgan fingerprint density at radius 3 is 2.50 bits per heavy atom. The number of ether oxygens (including phenoxy) is 3. The maximum Gasteiger partial charge on any atom is 0.191 e. The summed E-state index contributed by atoms with van der Waals surface area (Å²) in [6.07, 6.45) is 1.98. The number of nitrogens with zero attached hydrogens (tertiary/aromatic N) is 2. The van der Waals surface area contributed by atoms with Crippen molar-refractivity contribution in [2.24, 2.45) is 10.9 Å². The minimum atomic E-state index is 0. The molecule has 1 atom stereocenters. The van der Waals surface area contributed by atoms with Gasteiger partial charge < -0.3 is 24.8 Å². The Morgan fingerprint density at radius 2 is 1.90 bits per heavy atom. The Hall–Kier alpha value is -1.26. The van der Waals surface area contributed by atoms with Gasteiger partial charge in [0.05, 0.1) is 27.4 Å². The SMILES string of the molecule is CN=C(NCCc1cc(OC)ccc1OC)NCC(CC(C)C)N1CCOCC1.I. The van der Waals surface area contributed by atoms with Crippen molar-refractivity contribution < 1.29 is 14.2 Å². The van der Waals surface area contributed by atoms with Gasteiger partial charge in [-0.1, -0.05) is 13.8 Å². The summed E-state index contributed by atoms with van der Waals surface area (Å²) in [6.45, 7) is 9.84. The number of methoxy groups -OCH3 is 2. The summed E-state index contributed by atoms with van der Waals surface area (Å²) in [7, 11) is 5.19. The summed E-state index contributed by atoms with van der Waals surface area (Å²) >= 11 is 0. The van der Waals surface area contributed by atoms with Gasteiger partial charge in [0.25, 0.3) is 0 Å². The van der Waals surface area contributed by atoms with Gasteiger partial charge in [-0.25, -0.2) is 0 Å². The highest BCUT2D eigenvalue weighted by Gasteiger charge is 2.22. The predicted molar refractivity (Wildman–Crippen MR) is 134 cm³/mol. The van der Waals surface area contributed by atoms with Crippen LogP contribution in [0.25, 0.3) is 0 Å². The van der Waals surface area contributed by atoms with Crippen molar-refractivity contribution in [2.45, 2.75) is 32.7 Å². The van der Waals surface area contributed by atoms with Crippen LogP contribution in [0.15, 0.2) is 23.2 Å². The molecule has 7 nitrogen and oxygen atoms in total. The van der Waals surface area contributed by atoms with Crippen LogP contribution in [0.2, 0.25) is 0 Å². The highest BCUT2D eigenvalue weighted by Crippen LogP contribution is 2.24. The molecule has 1 aliphatic rings. The summed E-state index contributed by atoms with van der Waals surface area (Å²) < 4.78 is 16.3. The summed E-state index contributed by atoms with van der Waals surface area (Å²) in [5, 5.41) is 6.93. The van der Waals surface area contributed by atoms with Crippen LogP contribution < -0.4 is 20.1 Å². The first kappa shape index (κ1) is 26.8. The molecule has 2 N–H and O–H groups in total. The molecule has 1 aromatic rings. The smallest absolute Gasteiger partial charge is 0.191 e. The average Bonchev–Trinajstić information content (AvgIpc) is 2.75. The molecule has 0 saturated carbocycles. The number of guanidine groups is 1. The molecule has 0 spiro atoms. The van der Waals surface area contributed by atoms with E-state index in [1.165, 1.54) is 0 Å². The molecule has 1 aliphatic heterocycles. The fourth-order valence-corrected chi connectivity index (χ4v) is 3.68. The van der Waals surface area contributed by atoms with Crippen LogP contribution in [-0.2, 0) is 11.2 Å². The molecule has 0 aliphatic carbocycles. The molecule has 1 fully saturated rings. The van der Waals surface area contributed by atoms with E-state index in [-0.39, 0.29) is 24.0 Å². The van der Waals surface area contributed by atoms with E-state index in [1.807, 2.05) is 25.2 Å². The van der Waals surface area contributed by atoms with E-state index in [2.05, 4.69) is 34.4 Å². The zero-order valence-corrected chi connectivity index (χ0v) is 21.4. The van der Waals surface area contributed by atoms with E-state index in [0.717, 1.165) is 75.3 Å². The number of benzene rings is 1. The van der Waals surface area contributed by atoms with Gasteiger partial charge in [0.1, 0.15) is 11.5 Å². The molecule has 1 saturated heterocycles. The molecule has 2 rings (SSSR count). The predicted octanol–water partition coefficient (Wildman–Crippen LogP) is 2.78. The highest BCUT2D eigenvalue weighted by atomic mass is 127. The van der Waals surface area contributed by atoms with Crippen LogP contribution in [0.4, 0.5) is 0 Å². The highest BCUT2D eigenvalue weighted by molar-refractivity contribution is 14.0. The van der Waals surface area contributed by atoms with Crippen molar-refractivity contribution in [3.63, 3.8) is 0 Å². The van der Waals surface area contributed by atoms with E-state index >= 15 is 0 Å². The normalized spacial score (nSPS) is 16.0. The molecule has 1 aromatic carbocycles. The Balaban J connectivity index is 0.00000450. The van der Waals surface area contributed by atoms with Gasteiger partial charge in [-0.15, -0.1) is 24.0 Å². The second-order valence-electron chi connectivity index (χ2n) is 7.74. The van der Waals surface area contributed by atoms with Gasteiger partial charge >= 0.3 is 0 Å². The van der Waals surface area contributed by atoms with E-state index in [1.54, 1.807) is 14.2 Å². The summed E-state index contributed by atoms with van der Waals surface area (Å²) in [4.78, 5) is 6.92. The quantitative estimate of drug-likeness (QED) is 0.274. The van der Waals surface area contributed by atoms with Crippen LogP contribution in [0.1, 0.15) is 25.8 Å². The third kappa shape index (κ3) is 8.85. The number of morpholine rings is 1. The average molecular weight is 534 g/mol. The minimum Gasteiger partial charge on any atom is -0.497 e. The number of rotatable bonds is 10. The molecule has 1 heterocycles. The molecule has 8 heteroatoms. The van der Waals surface area contributed by atoms with E-state index < -0.39 is 0 Å². The van der Waals surface area contributed by atoms with Gasteiger partial charge in [-0.3, -0.25) is 9.89 Å². The van der Waals surface area contributed by atoms with Crippen LogP contribution >= 0.6 is 24.0 Å². The topological polar surface area (TPSA) is 67.4 Å². The maximum absolute atomic E-state index is 5.51. The second kappa shape index (κ2) is 14.7. The monoisotopic (exact) mass is 534 g/mol. The summed E-state index contributed by atoms with van der Waals surface area (Å²) in [6, 6.07) is 6.36. The molecule has 0 amide bonds. The Morgan fingerprint density at radius 1 is 1.17 bits per heavy atom. The molecule has 1 unspecified atom stereocenters. The standard InChI is InChI=1S/C22H38N4O3.HI/c1-17(2)14-19(26-10-12-29-13-11-26)16-25-22(23-3)24-9-8-18-15-20(27-4)6-7-21(18)28-5;/h6-7,15,17,19H,8-14,16H2,1-5H3,(H2,23,24,25);1H. The molecule has 0 aromatic heterocycles. The van der Waals surface area contributed by atoms with Crippen molar-refractivity contribution >= 4 is 29.9 Å². The lowest BCUT2D eigenvalue weighted by Gasteiger charge is -2.35. The summed E-state index contributed by atoms with van der Waals surface area (Å²) in [5.74, 6) is 3.19. The first-order valence-electron chi connectivity index (χ1n) is 10.5. The Bertz CT molecular complexity index is 637. The molecular formula is C22H39IN4O3. The van der Waals surface area contributed by atoms with E-state index in [9.17, 15) is 0 Å². The largest absolute Gasteiger partial charge is 0.497 e. The Labute approximate surface area is 199 Å². The van der Waals surface area contributed by atoms with Crippen molar-refractivity contribution in [2.75, 3.05) is 60.7 Å². The summed E-state index contributed by atoms with van der Waals surface area (Å²) in [5.41, 5.74) is 1.11. The number of halogens is 1. The van der Waals surface area contributed by atoms with E-state index in [0.29, 0.717) is 12.0 Å².